The molecule has 27 heavy (non-hydrogen) atoms. The van der Waals surface area contributed by atoms with E-state index in [4.69, 9.17) is 5.11 Å². The summed E-state index contributed by atoms with van der Waals surface area (Å²) in [5.41, 5.74) is 0.530. The molecule has 0 unspecified atom stereocenters. The van der Waals surface area contributed by atoms with Crippen molar-refractivity contribution in [1.29, 1.82) is 0 Å². The number of halogens is 1. The standard InChI is InChI=1S/C20H27FN2O4/c1-14(17-7-3-4-8-18(17)21)12-19(25)22-10-5-6-16(9-11-22)23(15(2)24)13-20(26)27/h3-4,7-8,14,16H,5-6,9-13H2,1-2H3,(H,26,27)/t14-,16+/m0/s1. The molecular weight excluding hydrogens is 351 g/mol. The van der Waals surface area contributed by atoms with Crippen molar-refractivity contribution in [1.82, 2.24) is 9.80 Å². The molecule has 0 saturated carbocycles. The fraction of sp³-hybridized carbons (Fsp3) is 0.550. The van der Waals surface area contributed by atoms with Gasteiger partial charge in [-0.05, 0) is 36.8 Å². The summed E-state index contributed by atoms with van der Waals surface area (Å²) in [7, 11) is 0. The molecule has 1 saturated heterocycles. The van der Waals surface area contributed by atoms with Crippen LogP contribution in [0.4, 0.5) is 4.39 Å². The molecule has 0 bridgehead atoms. The smallest absolute Gasteiger partial charge is 0.323 e. The van der Waals surface area contributed by atoms with E-state index in [0.29, 0.717) is 37.9 Å². The molecule has 148 valence electrons. The Hall–Kier alpha value is -2.44. The van der Waals surface area contributed by atoms with Crippen molar-refractivity contribution < 1.29 is 23.9 Å². The summed E-state index contributed by atoms with van der Waals surface area (Å²) >= 11 is 0. The monoisotopic (exact) mass is 378 g/mol. The molecule has 0 spiro atoms. The summed E-state index contributed by atoms with van der Waals surface area (Å²) in [5, 5.41) is 9.01. The second-order valence-electron chi connectivity index (χ2n) is 7.13. The topological polar surface area (TPSA) is 77.9 Å². The number of hydrogen-bond acceptors (Lipinski definition) is 3. The van der Waals surface area contributed by atoms with Gasteiger partial charge in [-0.15, -0.1) is 0 Å². The van der Waals surface area contributed by atoms with Gasteiger partial charge in [-0.3, -0.25) is 14.4 Å². The van der Waals surface area contributed by atoms with Crippen LogP contribution < -0.4 is 0 Å². The Labute approximate surface area is 158 Å². The SMILES string of the molecule is CC(=O)N(CC(=O)O)[C@@H]1CCCN(C(=O)C[C@H](C)c2ccccc2F)CC1. The van der Waals surface area contributed by atoms with Crippen LogP contribution >= 0.6 is 0 Å². The number of carbonyl (C=O) groups is 3. The summed E-state index contributed by atoms with van der Waals surface area (Å²) < 4.78 is 13.9. The van der Waals surface area contributed by atoms with E-state index >= 15 is 0 Å². The summed E-state index contributed by atoms with van der Waals surface area (Å²) in [6, 6.07) is 6.29. The third-order valence-corrected chi connectivity index (χ3v) is 5.12. The molecule has 1 aromatic carbocycles. The van der Waals surface area contributed by atoms with E-state index in [1.165, 1.54) is 17.9 Å². The van der Waals surface area contributed by atoms with Crippen molar-refractivity contribution in [2.45, 2.75) is 51.5 Å². The summed E-state index contributed by atoms with van der Waals surface area (Å²) in [6.07, 6.45) is 2.14. The minimum atomic E-state index is -1.04. The normalized spacial score (nSPS) is 18.5. The quantitative estimate of drug-likeness (QED) is 0.825. The fourth-order valence-corrected chi connectivity index (χ4v) is 3.66. The number of hydrogen-bond donors (Lipinski definition) is 1. The number of amides is 2. The van der Waals surface area contributed by atoms with Crippen molar-refractivity contribution in [3.63, 3.8) is 0 Å². The van der Waals surface area contributed by atoms with E-state index in [9.17, 15) is 18.8 Å². The number of rotatable bonds is 6. The van der Waals surface area contributed by atoms with Crippen LogP contribution in [0.1, 0.15) is 51.0 Å². The molecule has 6 nitrogen and oxygen atoms in total. The molecule has 1 heterocycles. The van der Waals surface area contributed by atoms with Gasteiger partial charge in [0, 0.05) is 32.5 Å². The van der Waals surface area contributed by atoms with E-state index in [2.05, 4.69) is 0 Å². The van der Waals surface area contributed by atoms with Gasteiger partial charge in [-0.2, -0.15) is 0 Å². The maximum Gasteiger partial charge on any atom is 0.323 e. The number of likely N-dealkylation sites (tertiary alicyclic amines) is 1. The van der Waals surface area contributed by atoms with Crippen molar-refractivity contribution in [2.75, 3.05) is 19.6 Å². The molecule has 0 aliphatic carbocycles. The summed E-state index contributed by atoms with van der Waals surface area (Å²) in [4.78, 5) is 38.6. The Morgan fingerprint density at radius 3 is 2.59 bits per heavy atom. The zero-order valence-electron chi connectivity index (χ0n) is 15.9. The van der Waals surface area contributed by atoms with Crippen LogP contribution in [0, 0.1) is 5.82 Å². The maximum atomic E-state index is 13.9. The Kier molecular flexibility index (Phi) is 7.33. The van der Waals surface area contributed by atoms with Crippen LogP contribution in [0.15, 0.2) is 24.3 Å². The third kappa shape index (κ3) is 5.77. The molecule has 1 aromatic rings. The number of aliphatic carboxylic acids is 1. The highest BCUT2D eigenvalue weighted by Gasteiger charge is 2.28. The van der Waals surface area contributed by atoms with Crippen LogP contribution in [-0.2, 0) is 14.4 Å². The number of carbonyl (C=O) groups excluding carboxylic acids is 2. The number of carboxylic acids is 1. The minimum Gasteiger partial charge on any atom is -0.480 e. The average molecular weight is 378 g/mol. The van der Waals surface area contributed by atoms with Gasteiger partial charge >= 0.3 is 5.97 Å². The molecule has 2 atom stereocenters. The first kappa shape index (κ1) is 20.9. The predicted octanol–water partition coefficient (Wildman–Crippen LogP) is 2.63. The first-order valence-corrected chi connectivity index (χ1v) is 9.30. The van der Waals surface area contributed by atoms with Gasteiger partial charge in [0.25, 0.3) is 0 Å². The lowest BCUT2D eigenvalue weighted by atomic mass is 9.96. The van der Waals surface area contributed by atoms with Gasteiger partial charge in [0.1, 0.15) is 12.4 Å². The van der Waals surface area contributed by atoms with Gasteiger partial charge in [0.2, 0.25) is 11.8 Å². The lowest BCUT2D eigenvalue weighted by molar-refractivity contribution is -0.145. The lowest BCUT2D eigenvalue weighted by Gasteiger charge is -2.29. The van der Waals surface area contributed by atoms with Crippen molar-refractivity contribution >= 4 is 17.8 Å². The largest absolute Gasteiger partial charge is 0.480 e. The van der Waals surface area contributed by atoms with Crippen molar-refractivity contribution in [2.24, 2.45) is 0 Å². The highest BCUT2D eigenvalue weighted by molar-refractivity contribution is 5.80. The first-order valence-electron chi connectivity index (χ1n) is 9.30. The summed E-state index contributed by atoms with van der Waals surface area (Å²) in [6.45, 7) is 3.92. The second-order valence-corrected chi connectivity index (χ2v) is 7.13. The molecule has 1 N–H and O–H groups in total. The Morgan fingerprint density at radius 2 is 1.96 bits per heavy atom. The lowest BCUT2D eigenvalue weighted by Crippen LogP contribution is -2.43. The molecule has 2 rings (SSSR count). The number of carboxylic acid groups (broad SMARTS) is 1. The Balaban J connectivity index is 1.96. The molecule has 0 radical (unpaired) electrons. The highest BCUT2D eigenvalue weighted by atomic mass is 19.1. The predicted molar refractivity (Wildman–Crippen MR) is 98.7 cm³/mol. The zero-order chi connectivity index (χ0) is 20.0. The molecular formula is C20H27FN2O4. The van der Waals surface area contributed by atoms with Gasteiger partial charge in [-0.1, -0.05) is 25.1 Å². The molecule has 7 heteroatoms. The third-order valence-electron chi connectivity index (χ3n) is 5.12. The second kappa shape index (κ2) is 9.48. The van der Waals surface area contributed by atoms with Crippen LogP contribution in [0.5, 0.6) is 0 Å². The van der Waals surface area contributed by atoms with E-state index in [1.807, 2.05) is 6.92 Å². The highest BCUT2D eigenvalue weighted by Crippen LogP contribution is 2.24. The molecule has 2 amide bonds. The van der Waals surface area contributed by atoms with Crippen LogP contribution in [-0.4, -0.2) is 58.4 Å². The van der Waals surface area contributed by atoms with Crippen LogP contribution in [0.3, 0.4) is 0 Å². The van der Waals surface area contributed by atoms with Gasteiger partial charge in [-0.25, -0.2) is 4.39 Å². The van der Waals surface area contributed by atoms with Crippen molar-refractivity contribution in [3.05, 3.63) is 35.6 Å². The van der Waals surface area contributed by atoms with Crippen LogP contribution in [0.25, 0.3) is 0 Å². The Morgan fingerprint density at radius 1 is 1.26 bits per heavy atom. The Bertz CT molecular complexity index is 694. The number of benzene rings is 1. The van der Waals surface area contributed by atoms with Gasteiger partial charge in [0.15, 0.2) is 0 Å². The van der Waals surface area contributed by atoms with E-state index in [-0.39, 0.29) is 42.6 Å². The van der Waals surface area contributed by atoms with Crippen molar-refractivity contribution in [3.8, 4) is 0 Å². The van der Waals surface area contributed by atoms with E-state index in [1.54, 1.807) is 23.1 Å². The minimum absolute atomic E-state index is 0.0426. The summed E-state index contributed by atoms with van der Waals surface area (Å²) in [5.74, 6) is -1.88. The fourth-order valence-electron chi connectivity index (χ4n) is 3.66. The van der Waals surface area contributed by atoms with E-state index in [0.717, 1.165) is 0 Å². The maximum absolute atomic E-state index is 13.9. The van der Waals surface area contributed by atoms with Gasteiger partial charge in [0.05, 0.1) is 0 Å². The average Bonchev–Trinajstić information content (AvgIpc) is 2.85. The molecule has 1 fully saturated rings. The molecule has 1 aliphatic heterocycles. The zero-order valence-corrected chi connectivity index (χ0v) is 15.9. The molecule has 0 aromatic heterocycles. The van der Waals surface area contributed by atoms with Gasteiger partial charge < -0.3 is 14.9 Å². The van der Waals surface area contributed by atoms with Crippen LogP contribution in [0.2, 0.25) is 0 Å². The molecule has 1 aliphatic rings. The first-order chi connectivity index (χ1) is 12.8. The number of nitrogens with zero attached hydrogens (tertiary/aromatic N) is 2. The van der Waals surface area contributed by atoms with E-state index < -0.39 is 5.97 Å².